The maximum absolute atomic E-state index is 11.7. The standard InChI is InChI=1S/C15H20O3/c1-6-12-8-9-13(11(3)10-12)18-15(4,5)14(16)17-7-2/h6,8-10H,1,7H2,2-5H3. The lowest BCUT2D eigenvalue weighted by atomic mass is 10.1. The average molecular weight is 248 g/mol. The molecule has 0 amide bonds. The number of aryl methyl sites for hydroxylation is 1. The van der Waals surface area contributed by atoms with Crippen LogP contribution in [-0.2, 0) is 9.53 Å². The van der Waals surface area contributed by atoms with E-state index in [0.717, 1.165) is 11.1 Å². The summed E-state index contributed by atoms with van der Waals surface area (Å²) < 4.78 is 10.7. The lowest BCUT2D eigenvalue weighted by Crippen LogP contribution is -2.39. The highest BCUT2D eigenvalue weighted by Gasteiger charge is 2.31. The van der Waals surface area contributed by atoms with Gasteiger partial charge in [-0.1, -0.05) is 18.7 Å². The Hall–Kier alpha value is -1.77. The van der Waals surface area contributed by atoms with E-state index in [1.165, 1.54) is 0 Å². The van der Waals surface area contributed by atoms with Crippen LogP contribution in [0.3, 0.4) is 0 Å². The molecule has 0 bridgehead atoms. The van der Waals surface area contributed by atoms with Gasteiger partial charge in [0.05, 0.1) is 6.61 Å². The van der Waals surface area contributed by atoms with Gasteiger partial charge in [-0.2, -0.15) is 0 Å². The highest BCUT2D eigenvalue weighted by atomic mass is 16.6. The van der Waals surface area contributed by atoms with Crippen LogP contribution in [0, 0.1) is 6.92 Å². The zero-order valence-corrected chi connectivity index (χ0v) is 11.4. The molecule has 0 unspecified atom stereocenters. The second kappa shape index (κ2) is 5.71. The Kier molecular flexibility index (Phi) is 4.54. The third kappa shape index (κ3) is 3.36. The van der Waals surface area contributed by atoms with Gasteiger partial charge in [0.25, 0.3) is 0 Å². The fraction of sp³-hybridized carbons (Fsp3) is 0.400. The van der Waals surface area contributed by atoms with Gasteiger partial charge in [-0.25, -0.2) is 4.79 Å². The summed E-state index contributed by atoms with van der Waals surface area (Å²) in [6.07, 6.45) is 1.77. The third-order valence-electron chi connectivity index (χ3n) is 2.57. The van der Waals surface area contributed by atoms with Crippen LogP contribution >= 0.6 is 0 Å². The first kappa shape index (κ1) is 14.3. The van der Waals surface area contributed by atoms with Crippen LogP contribution in [0.25, 0.3) is 6.08 Å². The molecular weight excluding hydrogens is 228 g/mol. The van der Waals surface area contributed by atoms with E-state index in [9.17, 15) is 4.79 Å². The molecule has 0 aliphatic heterocycles. The molecule has 18 heavy (non-hydrogen) atoms. The van der Waals surface area contributed by atoms with Crippen molar-refractivity contribution in [3.05, 3.63) is 35.9 Å². The van der Waals surface area contributed by atoms with Crippen molar-refractivity contribution in [2.24, 2.45) is 0 Å². The number of ether oxygens (including phenoxy) is 2. The molecule has 3 nitrogen and oxygen atoms in total. The van der Waals surface area contributed by atoms with Gasteiger partial charge < -0.3 is 9.47 Å². The molecule has 1 aromatic carbocycles. The summed E-state index contributed by atoms with van der Waals surface area (Å²) in [6.45, 7) is 11.2. The largest absolute Gasteiger partial charge is 0.476 e. The van der Waals surface area contributed by atoms with Gasteiger partial charge >= 0.3 is 5.97 Å². The monoisotopic (exact) mass is 248 g/mol. The molecule has 0 saturated heterocycles. The van der Waals surface area contributed by atoms with Gasteiger partial charge in [-0.3, -0.25) is 0 Å². The van der Waals surface area contributed by atoms with Crippen molar-refractivity contribution in [2.45, 2.75) is 33.3 Å². The van der Waals surface area contributed by atoms with E-state index in [1.54, 1.807) is 26.8 Å². The predicted octanol–water partition coefficient (Wildman–Crippen LogP) is 3.36. The number of carbonyl (C=O) groups excluding carboxylic acids is 1. The lowest BCUT2D eigenvalue weighted by Gasteiger charge is -2.25. The van der Waals surface area contributed by atoms with Crippen LogP contribution in [0.1, 0.15) is 31.9 Å². The summed E-state index contributed by atoms with van der Waals surface area (Å²) in [5.41, 5.74) is 0.995. The topological polar surface area (TPSA) is 35.5 Å². The van der Waals surface area contributed by atoms with Crippen LogP contribution in [0.2, 0.25) is 0 Å². The van der Waals surface area contributed by atoms with Crippen LogP contribution < -0.4 is 4.74 Å². The SMILES string of the molecule is C=Cc1ccc(OC(C)(C)C(=O)OCC)c(C)c1. The van der Waals surface area contributed by atoms with Crippen molar-refractivity contribution in [3.63, 3.8) is 0 Å². The van der Waals surface area contributed by atoms with Crippen molar-refractivity contribution in [3.8, 4) is 5.75 Å². The Morgan fingerprint density at radius 3 is 2.61 bits per heavy atom. The number of hydrogen-bond acceptors (Lipinski definition) is 3. The second-order valence-corrected chi connectivity index (χ2v) is 4.56. The Morgan fingerprint density at radius 1 is 1.44 bits per heavy atom. The Bertz CT molecular complexity index is 447. The minimum absolute atomic E-state index is 0.347. The third-order valence-corrected chi connectivity index (χ3v) is 2.57. The number of hydrogen-bond donors (Lipinski definition) is 0. The van der Waals surface area contributed by atoms with E-state index in [4.69, 9.17) is 9.47 Å². The van der Waals surface area contributed by atoms with Gasteiger partial charge in [0.15, 0.2) is 5.60 Å². The number of rotatable bonds is 5. The first-order valence-corrected chi connectivity index (χ1v) is 6.00. The fourth-order valence-corrected chi connectivity index (χ4v) is 1.54. The summed E-state index contributed by atoms with van der Waals surface area (Å²) in [5, 5.41) is 0. The predicted molar refractivity (Wildman–Crippen MR) is 72.6 cm³/mol. The zero-order chi connectivity index (χ0) is 13.8. The summed E-state index contributed by atoms with van der Waals surface area (Å²) in [7, 11) is 0. The highest BCUT2D eigenvalue weighted by Crippen LogP contribution is 2.25. The molecule has 0 heterocycles. The molecule has 0 atom stereocenters. The molecule has 0 fully saturated rings. The van der Waals surface area contributed by atoms with Crippen molar-refractivity contribution >= 4 is 12.0 Å². The normalized spacial score (nSPS) is 10.9. The molecule has 0 aliphatic rings. The second-order valence-electron chi connectivity index (χ2n) is 4.56. The van der Waals surface area contributed by atoms with Crippen molar-refractivity contribution in [2.75, 3.05) is 6.61 Å². The summed E-state index contributed by atoms with van der Waals surface area (Å²) >= 11 is 0. The highest BCUT2D eigenvalue weighted by molar-refractivity contribution is 5.79. The van der Waals surface area contributed by atoms with Gasteiger partial charge in [0.1, 0.15) is 5.75 Å². The smallest absolute Gasteiger partial charge is 0.349 e. The molecule has 0 N–H and O–H groups in total. The summed E-state index contributed by atoms with van der Waals surface area (Å²) in [4.78, 5) is 11.7. The fourth-order valence-electron chi connectivity index (χ4n) is 1.54. The number of benzene rings is 1. The first-order valence-electron chi connectivity index (χ1n) is 6.00. The summed E-state index contributed by atoms with van der Waals surface area (Å²) in [5.74, 6) is 0.316. The van der Waals surface area contributed by atoms with E-state index in [-0.39, 0.29) is 5.97 Å². The van der Waals surface area contributed by atoms with Gasteiger partial charge in [-0.05, 0) is 51.0 Å². The molecule has 1 rings (SSSR count). The quantitative estimate of drug-likeness (QED) is 0.749. The molecule has 0 aliphatic carbocycles. The van der Waals surface area contributed by atoms with Crippen molar-refractivity contribution in [1.82, 2.24) is 0 Å². The van der Waals surface area contributed by atoms with Gasteiger partial charge in [0, 0.05) is 0 Å². The van der Waals surface area contributed by atoms with E-state index in [1.807, 2.05) is 25.1 Å². The van der Waals surface area contributed by atoms with E-state index >= 15 is 0 Å². The molecule has 0 radical (unpaired) electrons. The van der Waals surface area contributed by atoms with Crippen molar-refractivity contribution in [1.29, 1.82) is 0 Å². The first-order chi connectivity index (χ1) is 8.40. The maximum atomic E-state index is 11.7. The molecule has 98 valence electrons. The van der Waals surface area contributed by atoms with E-state index < -0.39 is 5.60 Å². The number of esters is 1. The molecule has 3 heteroatoms. The molecule has 1 aromatic rings. The Labute approximate surface area is 108 Å². The van der Waals surface area contributed by atoms with Crippen LogP contribution in [0.15, 0.2) is 24.8 Å². The molecule has 0 spiro atoms. The van der Waals surface area contributed by atoms with Crippen LogP contribution in [0.5, 0.6) is 5.75 Å². The van der Waals surface area contributed by atoms with Gasteiger partial charge in [-0.15, -0.1) is 0 Å². The minimum Gasteiger partial charge on any atom is -0.476 e. The van der Waals surface area contributed by atoms with Crippen LogP contribution in [0.4, 0.5) is 0 Å². The zero-order valence-electron chi connectivity index (χ0n) is 11.4. The summed E-state index contributed by atoms with van der Waals surface area (Å²) in [6, 6.07) is 5.70. The van der Waals surface area contributed by atoms with E-state index in [2.05, 4.69) is 6.58 Å². The molecular formula is C15H20O3. The number of carbonyl (C=O) groups is 1. The lowest BCUT2D eigenvalue weighted by molar-refractivity contribution is -0.158. The average Bonchev–Trinajstić information content (AvgIpc) is 2.32. The van der Waals surface area contributed by atoms with E-state index in [0.29, 0.717) is 12.4 Å². The maximum Gasteiger partial charge on any atom is 0.349 e. The minimum atomic E-state index is -0.990. The van der Waals surface area contributed by atoms with Gasteiger partial charge in [0.2, 0.25) is 0 Å². The van der Waals surface area contributed by atoms with Crippen molar-refractivity contribution < 1.29 is 14.3 Å². The van der Waals surface area contributed by atoms with Crippen LogP contribution in [-0.4, -0.2) is 18.2 Å². The Morgan fingerprint density at radius 2 is 2.11 bits per heavy atom. The molecule has 0 saturated carbocycles. The Balaban J connectivity index is 2.90. The molecule has 0 aromatic heterocycles.